The monoisotopic (exact) mass is 265 g/mol. The minimum Gasteiger partial charge on any atom is -0.300 e. The lowest BCUT2D eigenvalue weighted by molar-refractivity contribution is 0.0618. The molecule has 2 heterocycles. The van der Waals surface area contributed by atoms with E-state index in [2.05, 4.69) is 42.2 Å². The van der Waals surface area contributed by atoms with Crippen LogP contribution in [0.4, 0.5) is 0 Å². The highest BCUT2D eigenvalue weighted by Crippen LogP contribution is 2.39. The Morgan fingerprint density at radius 3 is 2.67 bits per heavy atom. The van der Waals surface area contributed by atoms with Crippen LogP contribution in [-0.4, -0.2) is 24.0 Å². The minimum atomic E-state index is 0. The highest BCUT2D eigenvalue weighted by atomic mass is 35.5. The van der Waals surface area contributed by atoms with Crippen LogP contribution in [0.5, 0.6) is 0 Å². The van der Waals surface area contributed by atoms with Crippen LogP contribution >= 0.6 is 12.4 Å². The molecule has 0 saturated carbocycles. The van der Waals surface area contributed by atoms with Gasteiger partial charge in [-0.25, -0.2) is 0 Å². The average Bonchev–Trinajstić information content (AvgIpc) is 2.39. The molecule has 0 N–H and O–H groups in total. The summed E-state index contributed by atoms with van der Waals surface area (Å²) in [6, 6.07) is 12.0. The fourth-order valence-electron chi connectivity index (χ4n) is 3.82. The number of hydrogen-bond donors (Lipinski definition) is 0. The van der Waals surface area contributed by atoms with Gasteiger partial charge in [-0.05, 0) is 43.2 Å². The second-order valence-electron chi connectivity index (χ2n) is 5.92. The third-order valence-corrected chi connectivity index (χ3v) is 4.56. The standard InChI is InChI=1S/C16H23N.ClH/c1-13-11-15(14-7-3-2-4-8-14)16-9-5-6-10-17(16)12-13;/h2-4,7-8,13,15-16H,5-6,9-12H2,1H3;1H/t13-,15+,16+;/m0./s1. The van der Waals surface area contributed by atoms with E-state index in [0.717, 1.165) is 17.9 Å². The predicted octanol–water partition coefficient (Wildman–Crippen LogP) is 4.09. The molecule has 0 aliphatic carbocycles. The minimum absolute atomic E-state index is 0. The van der Waals surface area contributed by atoms with E-state index < -0.39 is 0 Å². The first kappa shape index (κ1) is 13.9. The topological polar surface area (TPSA) is 3.24 Å². The Bertz CT molecular complexity index is 365. The first-order valence-electron chi connectivity index (χ1n) is 7.13. The highest BCUT2D eigenvalue weighted by Gasteiger charge is 2.36. The van der Waals surface area contributed by atoms with Crippen molar-refractivity contribution in [2.45, 2.75) is 44.6 Å². The van der Waals surface area contributed by atoms with E-state index in [1.54, 1.807) is 5.56 Å². The van der Waals surface area contributed by atoms with Gasteiger partial charge < -0.3 is 0 Å². The molecule has 100 valence electrons. The summed E-state index contributed by atoms with van der Waals surface area (Å²) in [7, 11) is 0. The Labute approximate surface area is 117 Å². The van der Waals surface area contributed by atoms with Crippen LogP contribution in [0.1, 0.15) is 44.1 Å². The normalized spacial score (nSPS) is 32.4. The largest absolute Gasteiger partial charge is 0.300 e. The molecule has 2 aliphatic heterocycles. The Morgan fingerprint density at radius 2 is 1.89 bits per heavy atom. The van der Waals surface area contributed by atoms with Crippen molar-refractivity contribution in [2.75, 3.05) is 13.1 Å². The SMILES string of the molecule is C[C@H]1C[C@H](c2ccccc2)[C@H]2CCCCN2C1.Cl. The lowest BCUT2D eigenvalue weighted by Gasteiger charge is -2.47. The van der Waals surface area contributed by atoms with Crippen LogP contribution in [-0.2, 0) is 0 Å². The van der Waals surface area contributed by atoms with E-state index in [4.69, 9.17) is 0 Å². The number of piperidine rings is 2. The van der Waals surface area contributed by atoms with Gasteiger partial charge in [-0.3, -0.25) is 4.90 Å². The molecule has 0 radical (unpaired) electrons. The van der Waals surface area contributed by atoms with E-state index >= 15 is 0 Å². The molecule has 2 saturated heterocycles. The third kappa shape index (κ3) is 2.73. The molecule has 18 heavy (non-hydrogen) atoms. The van der Waals surface area contributed by atoms with Crippen molar-refractivity contribution in [3.05, 3.63) is 35.9 Å². The van der Waals surface area contributed by atoms with Crippen molar-refractivity contribution >= 4 is 12.4 Å². The van der Waals surface area contributed by atoms with E-state index in [1.165, 1.54) is 38.8 Å². The predicted molar refractivity (Wildman–Crippen MR) is 79.4 cm³/mol. The summed E-state index contributed by atoms with van der Waals surface area (Å²) < 4.78 is 0. The molecule has 2 heteroatoms. The number of hydrogen-bond acceptors (Lipinski definition) is 1. The summed E-state index contributed by atoms with van der Waals surface area (Å²) >= 11 is 0. The van der Waals surface area contributed by atoms with E-state index in [0.29, 0.717) is 0 Å². The van der Waals surface area contributed by atoms with Crippen molar-refractivity contribution in [3.8, 4) is 0 Å². The molecule has 0 unspecified atom stereocenters. The Kier molecular flexibility index (Phi) is 4.69. The molecule has 0 amide bonds. The highest BCUT2D eigenvalue weighted by molar-refractivity contribution is 5.85. The first-order valence-corrected chi connectivity index (χ1v) is 7.13. The van der Waals surface area contributed by atoms with Gasteiger partial charge >= 0.3 is 0 Å². The Morgan fingerprint density at radius 1 is 1.11 bits per heavy atom. The third-order valence-electron chi connectivity index (χ3n) is 4.56. The van der Waals surface area contributed by atoms with Crippen molar-refractivity contribution in [1.82, 2.24) is 4.90 Å². The summed E-state index contributed by atoms with van der Waals surface area (Å²) in [5.41, 5.74) is 1.57. The van der Waals surface area contributed by atoms with Crippen LogP contribution in [0.15, 0.2) is 30.3 Å². The fourth-order valence-corrected chi connectivity index (χ4v) is 3.82. The van der Waals surface area contributed by atoms with Gasteiger partial charge in [-0.2, -0.15) is 0 Å². The van der Waals surface area contributed by atoms with Gasteiger partial charge in [0, 0.05) is 12.6 Å². The van der Waals surface area contributed by atoms with Gasteiger partial charge in [-0.15, -0.1) is 12.4 Å². The quantitative estimate of drug-likeness (QED) is 0.739. The molecule has 1 aromatic carbocycles. The Balaban J connectivity index is 0.00000120. The van der Waals surface area contributed by atoms with E-state index in [9.17, 15) is 0 Å². The zero-order valence-electron chi connectivity index (χ0n) is 11.2. The molecule has 1 nitrogen and oxygen atoms in total. The molecule has 0 spiro atoms. The van der Waals surface area contributed by atoms with Crippen LogP contribution in [0.3, 0.4) is 0 Å². The van der Waals surface area contributed by atoms with Crippen molar-refractivity contribution in [2.24, 2.45) is 5.92 Å². The van der Waals surface area contributed by atoms with Crippen molar-refractivity contribution in [3.63, 3.8) is 0 Å². The van der Waals surface area contributed by atoms with Crippen molar-refractivity contribution < 1.29 is 0 Å². The lowest BCUT2D eigenvalue weighted by Crippen LogP contribution is -2.49. The van der Waals surface area contributed by atoms with Crippen LogP contribution in [0, 0.1) is 5.92 Å². The van der Waals surface area contributed by atoms with Gasteiger partial charge in [-0.1, -0.05) is 43.7 Å². The average molecular weight is 266 g/mol. The summed E-state index contributed by atoms with van der Waals surface area (Å²) in [4.78, 5) is 2.76. The second kappa shape index (κ2) is 6.08. The summed E-state index contributed by atoms with van der Waals surface area (Å²) in [6.07, 6.45) is 5.63. The molecule has 1 aromatic rings. The molecule has 0 aromatic heterocycles. The zero-order chi connectivity index (χ0) is 11.7. The Hall–Kier alpha value is -0.530. The van der Waals surface area contributed by atoms with Crippen molar-refractivity contribution in [1.29, 1.82) is 0 Å². The smallest absolute Gasteiger partial charge is 0.0164 e. The zero-order valence-corrected chi connectivity index (χ0v) is 12.0. The van der Waals surface area contributed by atoms with Gasteiger partial charge in [0.05, 0.1) is 0 Å². The molecule has 3 atom stereocenters. The fraction of sp³-hybridized carbons (Fsp3) is 0.625. The summed E-state index contributed by atoms with van der Waals surface area (Å²) in [5.74, 6) is 1.63. The van der Waals surface area contributed by atoms with Crippen LogP contribution in [0.2, 0.25) is 0 Å². The summed E-state index contributed by atoms with van der Waals surface area (Å²) in [6.45, 7) is 5.08. The van der Waals surface area contributed by atoms with Gasteiger partial charge in [0.1, 0.15) is 0 Å². The number of fused-ring (bicyclic) bond motifs is 1. The number of rotatable bonds is 1. The molecule has 2 aliphatic rings. The molecular formula is C16H24ClN. The van der Waals surface area contributed by atoms with Gasteiger partial charge in [0.25, 0.3) is 0 Å². The number of benzene rings is 1. The van der Waals surface area contributed by atoms with Gasteiger partial charge in [0.2, 0.25) is 0 Å². The molecular weight excluding hydrogens is 242 g/mol. The number of nitrogens with zero attached hydrogens (tertiary/aromatic N) is 1. The molecule has 0 bridgehead atoms. The first-order chi connectivity index (χ1) is 8.34. The molecule has 2 fully saturated rings. The van der Waals surface area contributed by atoms with E-state index in [-0.39, 0.29) is 12.4 Å². The lowest BCUT2D eigenvalue weighted by atomic mass is 9.76. The molecule has 3 rings (SSSR count). The maximum Gasteiger partial charge on any atom is 0.0164 e. The second-order valence-corrected chi connectivity index (χ2v) is 5.92. The van der Waals surface area contributed by atoms with Gasteiger partial charge in [0.15, 0.2) is 0 Å². The van der Waals surface area contributed by atoms with E-state index in [1.807, 2.05) is 0 Å². The summed E-state index contributed by atoms with van der Waals surface area (Å²) in [5, 5.41) is 0. The number of halogens is 1. The van der Waals surface area contributed by atoms with Crippen LogP contribution in [0.25, 0.3) is 0 Å². The van der Waals surface area contributed by atoms with Crippen LogP contribution < -0.4 is 0 Å². The maximum absolute atomic E-state index is 2.76. The maximum atomic E-state index is 2.76.